The molecular formula is C72H56N2. The Hall–Kier alpha value is -8.72. The van der Waals surface area contributed by atoms with E-state index in [0.29, 0.717) is 5.92 Å². The fourth-order valence-corrected chi connectivity index (χ4v) is 13.2. The molecule has 11 aromatic carbocycles. The Bertz CT molecular complexity index is 4060. The van der Waals surface area contributed by atoms with Crippen LogP contribution in [0.4, 0.5) is 17.1 Å². The Labute approximate surface area is 434 Å². The van der Waals surface area contributed by atoms with Crippen LogP contribution in [0.5, 0.6) is 0 Å². The molecule has 0 aliphatic heterocycles. The number of para-hydroxylation sites is 4. The zero-order chi connectivity index (χ0) is 49.2. The fourth-order valence-electron chi connectivity index (χ4n) is 13.2. The lowest BCUT2D eigenvalue weighted by atomic mass is 9.74. The van der Waals surface area contributed by atoms with Crippen molar-refractivity contribution in [2.45, 2.75) is 50.4 Å². The molecule has 354 valence electrons. The highest BCUT2D eigenvalue weighted by atomic mass is 15.1. The average Bonchev–Trinajstić information content (AvgIpc) is 3.95. The molecule has 1 atom stereocenters. The zero-order valence-electron chi connectivity index (χ0n) is 41.8. The molecule has 0 spiro atoms. The lowest BCUT2D eigenvalue weighted by Gasteiger charge is -2.31. The third kappa shape index (κ3) is 7.07. The van der Waals surface area contributed by atoms with E-state index >= 15 is 0 Å². The van der Waals surface area contributed by atoms with E-state index in [2.05, 4.69) is 271 Å². The van der Waals surface area contributed by atoms with Gasteiger partial charge in [0.05, 0.1) is 22.4 Å². The topological polar surface area (TPSA) is 8.17 Å². The number of aromatic nitrogens is 1. The molecule has 14 rings (SSSR count). The van der Waals surface area contributed by atoms with Crippen molar-refractivity contribution in [3.05, 3.63) is 277 Å². The van der Waals surface area contributed by atoms with Crippen LogP contribution in [0.3, 0.4) is 0 Å². The van der Waals surface area contributed by atoms with Crippen molar-refractivity contribution >= 4 is 49.6 Å². The van der Waals surface area contributed by atoms with Crippen LogP contribution in [0.1, 0.15) is 67.2 Å². The quantitative estimate of drug-likeness (QED) is 0.140. The summed E-state index contributed by atoms with van der Waals surface area (Å²) in [4.78, 5) is 2.53. The van der Waals surface area contributed by atoms with Gasteiger partial charge in [0, 0.05) is 38.7 Å². The van der Waals surface area contributed by atoms with E-state index < -0.39 is 0 Å². The molecule has 0 saturated heterocycles. The monoisotopic (exact) mass is 948 g/mol. The predicted molar refractivity (Wildman–Crippen MR) is 313 cm³/mol. The second-order valence-corrected chi connectivity index (χ2v) is 20.7. The van der Waals surface area contributed by atoms with Crippen molar-refractivity contribution in [2.24, 2.45) is 0 Å². The first kappa shape index (κ1) is 44.0. The highest BCUT2D eigenvalue weighted by Crippen LogP contribution is 2.56. The number of hydrogen-bond acceptors (Lipinski definition) is 1. The molecule has 2 nitrogen and oxygen atoms in total. The third-order valence-corrected chi connectivity index (χ3v) is 16.7. The van der Waals surface area contributed by atoms with E-state index in [1.54, 1.807) is 0 Å². The van der Waals surface area contributed by atoms with Gasteiger partial charge in [0.25, 0.3) is 0 Å². The highest BCUT2D eigenvalue weighted by Gasteiger charge is 2.41. The maximum atomic E-state index is 2.53. The van der Waals surface area contributed by atoms with Gasteiger partial charge in [-0.25, -0.2) is 0 Å². The first-order valence-electron chi connectivity index (χ1n) is 26.6. The summed E-state index contributed by atoms with van der Waals surface area (Å²) < 4.78 is 2.42. The summed E-state index contributed by atoms with van der Waals surface area (Å²) in [5.41, 5.74) is 22.1. The van der Waals surface area contributed by atoms with Gasteiger partial charge in [-0.2, -0.15) is 0 Å². The minimum absolute atomic E-state index is 0.274. The largest absolute Gasteiger partial charge is 0.309 e. The molecule has 1 aromatic heterocycles. The predicted octanol–water partition coefficient (Wildman–Crippen LogP) is 19.8. The van der Waals surface area contributed by atoms with Crippen LogP contribution in [0.15, 0.2) is 255 Å². The van der Waals surface area contributed by atoms with Gasteiger partial charge < -0.3 is 9.47 Å². The van der Waals surface area contributed by atoms with Gasteiger partial charge in [0.2, 0.25) is 0 Å². The molecule has 74 heavy (non-hydrogen) atoms. The molecule has 12 aromatic rings. The normalized spacial score (nSPS) is 15.4. The van der Waals surface area contributed by atoms with Gasteiger partial charge in [0.1, 0.15) is 0 Å². The molecular weight excluding hydrogens is 893 g/mol. The molecule has 1 heterocycles. The van der Waals surface area contributed by atoms with Gasteiger partial charge in [-0.05, 0) is 141 Å². The van der Waals surface area contributed by atoms with Crippen LogP contribution in [0.25, 0.3) is 82.8 Å². The molecule has 0 N–H and O–H groups in total. The van der Waals surface area contributed by atoms with Gasteiger partial charge in [0.15, 0.2) is 0 Å². The van der Waals surface area contributed by atoms with Crippen LogP contribution in [-0.4, -0.2) is 4.57 Å². The number of fused-ring (bicyclic) bond motifs is 7. The van der Waals surface area contributed by atoms with E-state index in [0.717, 1.165) is 33.9 Å². The number of anilines is 3. The zero-order valence-corrected chi connectivity index (χ0v) is 41.8. The summed E-state index contributed by atoms with van der Waals surface area (Å²) in [6, 6.07) is 95.2. The maximum absolute atomic E-state index is 2.53. The Morgan fingerprint density at radius 3 is 1.80 bits per heavy atom. The molecule has 2 aliphatic rings. The minimum Gasteiger partial charge on any atom is -0.309 e. The summed E-state index contributed by atoms with van der Waals surface area (Å²) in [6.07, 6.45) is 6.41. The Balaban J connectivity index is 0.973. The van der Waals surface area contributed by atoms with Crippen molar-refractivity contribution in [1.82, 2.24) is 4.57 Å². The number of nitrogens with zero attached hydrogens (tertiary/aromatic N) is 2. The molecule has 1 saturated carbocycles. The van der Waals surface area contributed by atoms with Crippen LogP contribution in [0, 0.1) is 0 Å². The molecule has 1 fully saturated rings. The third-order valence-electron chi connectivity index (χ3n) is 16.7. The molecule has 2 heteroatoms. The van der Waals surface area contributed by atoms with Crippen LogP contribution < -0.4 is 4.90 Å². The average molecular weight is 949 g/mol. The SMILES string of the molecule is CC1(c2ccccc2)c2ccccc2-c2c(-c3ccc(N(c4ccccc4-c4ccc5c6ccccc6n(-c6ccccc6)c5c4)c4ccccc4-c4cccc5cccc(C6CCCCC6)c45)cc3)cccc21. The van der Waals surface area contributed by atoms with E-state index in [1.165, 1.54) is 120 Å². The summed E-state index contributed by atoms with van der Waals surface area (Å²) in [5, 5.41) is 5.19. The van der Waals surface area contributed by atoms with Gasteiger partial charge >= 0.3 is 0 Å². The summed E-state index contributed by atoms with van der Waals surface area (Å²) in [5.74, 6) is 0.559. The second kappa shape index (κ2) is 18.1. The second-order valence-electron chi connectivity index (χ2n) is 20.7. The molecule has 1 unspecified atom stereocenters. The Morgan fingerprint density at radius 1 is 0.419 bits per heavy atom. The van der Waals surface area contributed by atoms with Crippen molar-refractivity contribution in [3.63, 3.8) is 0 Å². The van der Waals surface area contributed by atoms with Crippen LogP contribution in [-0.2, 0) is 5.41 Å². The molecule has 0 amide bonds. The van der Waals surface area contributed by atoms with Crippen molar-refractivity contribution in [2.75, 3.05) is 4.90 Å². The number of hydrogen-bond donors (Lipinski definition) is 0. The van der Waals surface area contributed by atoms with E-state index in [1.807, 2.05) is 0 Å². The standard InChI is InChI=1S/C72H56N2/c1-72(53-26-7-3-8-27-53)64-37-15-11-33-63(64)71-58(35-21-38-65(71)72)50-42-45-55(46-43-50)73(68-41-18-14-32-60(68)62-36-20-25-51-24-19-34-57(70(51)62)49-22-5-2-6-23-49)66-39-16-12-30-56(66)52-44-47-61-59-31-13-17-40-67(59)74(69(61)48-52)54-28-9-4-10-29-54/h3-4,7-21,24-49H,2,5-6,22-23H2,1H3. The van der Waals surface area contributed by atoms with E-state index in [-0.39, 0.29) is 5.41 Å². The first-order valence-corrected chi connectivity index (χ1v) is 26.6. The summed E-state index contributed by atoms with van der Waals surface area (Å²) in [7, 11) is 0. The highest BCUT2D eigenvalue weighted by molar-refractivity contribution is 6.11. The fraction of sp³-hybridized carbons (Fsp3) is 0.111. The van der Waals surface area contributed by atoms with Gasteiger partial charge in [-0.3, -0.25) is 0 Å². The minimum atomic E-state index is -0.274. The van der Waals surface area contributed by atoms with E-state index in [9.17, 15) is 0 Å². The van der Waals surface area contributed by atoms with Crippen LogP contribution >= 0.6 is 0 Å². The van der Waals surface area contributed by atoms with Gasteiger partial charge in [-0.15, -0.1) is 0 Å². The van der Waals surface area contributed by atoms with Crippen molar-refractivity contribution < 1.29 is 0 Å². The lowest BCUT2D eigenvalue weighted by molar-refractivity contribution is 0.445. The summed E-state index contributed by atoms with van der Waals surface area (Å²) >= 11 is 0. The Morgan fingerprint density at radius 2 is 1.00 bits per heavy atom. The van der Waals surface area contributed by atoms with Crippen LogP contribution in [0.2, 0.25) is 0 Å². The first-order chi connectivity index (χ1) is 36.6. The number of rotatable bonds is 9. The summed E-state index contributed by atoms with van der Waals surface area (Å²) in [6.45, 7) is 2.40. The van der Waals surface area contributed by atoms with Gasteiger partial charge in [-0.1, -0.05) is 226 Å². The van der Waals surface area contributed by atoms with Crippen molar-refractivity contribution in [1.29, 1.82) is 0 Å². The lowest BCUT2D eigenvalue weighted by Crippen LogP contribution is -2.22. The molecule has 0 bridgehead atoms. The number of benzene rings is 11. The molecule has 2 aliphatic carbocycles. The van der Waals surface area contributed by atoms with Crippen molar-refractivity contribution in [3.8, 4) is 50.2 Å². The Kier molecular flexibility index (Phi) is 10.8. The maximum Gasteiger partial charge on any atom is 0.0547 e. The van der Waals surface area contributed by atoms with E-state index in [4.69, 9.17) is 0 Å². The molecule has 0 radical (unpaired) electrons. The smallest absolute Gasteiger partial charge is 0.0547 e.